The Morgan fingerprint density at radius 3 is 2.61 bits per heavy atom. The Hall–Kier alpha value is -2.76. The number of carbonyl (C=O) groups is 1. The SMILES string of the molecule is CC[S+]([O-])c1cccc(-c2ccc(-c3cc(C(F)(F)F)nn3CC(=O)OCCN(C)C)[nH]2)c1. The molecule has 1 atom stereocenters. The molecular weight excluding hydrogens is 457 g/mol. The van der Waals surface area contributed by atoms with Gasteiger partial charge in [0, 0.05) is 23.9 Å². The molecule has 11 heteroatoms. The van der Waals surface area contributed by atoms with Crippen LogP contribution in [-0.2, 0) is 33.4 Å². The maximum absolute atomic E-state index is 13.3. The average molecular weight is 483 g/mol. The average Bonchev–Trinajstić information content (AvgIpc) is 3.40. The Morgan fingerprint density at radius 1 is 1.21 bits per heavy atom. The Bertz CT molecular complexity index is 1090. The molecule has 0 aliphatic rings. The van der Waals surface area contributed by atoms with Crippen LogP contribution in [0.2, 0.25) is 0 Å². The highest BCUT2D eigenvalue weighted by Gasteiger charge is 2.35. The second kappa shape index (κ2) is 10.4. The Kier molecular flexibility index (Phi) is 7.88. The summed E-state index contributed by atoms with van der Waals surface area (Å²) in [7, 11) is 3.63. The fourth-order valence-corrected chi connectivity index (χ4v) is 3.91. The highest BCUT2D eigenvalue weighted by Crippen LogP contribution is 2.33. The van der Waals surface area contributed by atoms with Gasteiger partial charge in [0.15, 0.2) is 10.6 Å². The Labute approximate surface area is 192 Å². The first-order chi connectivity index (χ1) is 15.6. The maximum Gasteiger partial charge on any atom is 0.435 e. The van der Waals surface area contributed by atoms with Crippen LogP contribution < -0.4 is 0 Å². The summed E-state index contributed by atoms with van der Waals surface area (Å²) in [6.07, 6.45) is -4.66. The van der Waals surface area contributed by atoms with Crippen molar-refractivity contribution in [1.29, 1.82) is 0 Å². The van der Waals surface area contributed by atoms with E-state index in [0.29, 0.717) is 28.6 Å². The third-order valence-electron chi connectivity index (χ3n) is 4.78. The fourth-order valence-electron chi connectivity index (χ4n) is 3.09. The molecule has 0 saturated heterocycles. The predicted molar refractivity (Wildman–Crippen MR) is 119 cm³/mol. The number of nitrogens with zero attached hydrogens (tertiary/aromatic N) is 3. The minimum absolute atomic E-state index is 0.103. The standard InChI is InChI=1S/C22H25F3N4O3S/c1-4-33(31)16-7-5-6-15(12-16)17-8-9-18(26-17)19-13-20(22(23,24)25)27-29(19)14-21(30)32-11-10-28(2)3/h5-9,12-13,26H,4,10-11,14H2,1-3H3. The lowest BCUT2D eigenvalue weighted by molar-refractivity contribution is -0.146. The second-order valence-electron chi connectivity index (χ2n) is 7.54. The molecule has 0 amide bonds. The lowest BCUT2D eigenvalue weighted by atomic mass is 10.2. The number of alkyl halides is 3. The molecule has 0 saturated carbocycles. The van der Waals surface area contributed by atoms with Crippen LogP contribution in [-0.4, -0.2) is 63.2 Å². The zero-order valence-corrected chi connectivity index (χ0v) is 19.3. The van der Waals surface area contributed by atoms with Crippen LogP contribution in [0.25, 0.3) is 22.6 Å². The molecule has 33 heavy (non-hydrogen) atoms. The van der Waals surface area contributed by atoms with E-state index in [1.165, 1.54) is 0 Å². The van der Waals surface area contributed by atoms with Crippen molar-refractivity contribution >= 4 is 17.1 Å². The quantitative estimate of drug-likeness (QED) is 0.370. The van der Waals surface area contributed by atoms with Gasteiger partial charge < -0.3 is 19.2 Å². The minimum Gasteiger partial charge on any atom is -0.611 e. The van der Waals surface area contributed by atoms with Crippen molar-refractivity contribution < 1.29 is 27.3 Å². The summed E-state index contributed by atoms with van der Waals surface area (Å²) in [6.45, 7) is 1.97. The van der Waals surface area contributed by atoms with Crippen LogP contribution in [0.5, 0.6) is 0 Å². The first-order valence-electron chi connectivity index (χ1n) is 10.2. The molecule has 7 nitrogen and oxygen atoms in total. The summed E-state index contributed by atoms with van der Waals surface area (Å²) in [4.78, 5) is 17.7. The molecule has 0 bridgehead atoms. The zero-order chi connectivity index (χ0) is 24.2. The summed E-state index contributed by atoms with van der Waals surface area (Å²) in [5.74, 6) is -0.208. The molecule has 178 valence electrons. The number of hydrogen-bond acceptors (Lipinski definition) is 5. The Morgan fingerprint density at radius 2 is 1.94 bits per heavy atom. The molecule has 3 rings (SSSR count). The molecule has 0 fully saturated rings. The number of ether oxygens (including phenoxy) is 1. The molecule has 1 N–H and O–H groups in total. The van der Waals surface area contributed by atoms with E-state index in [0.717, 1.165) is 16.3 Å². The summed E-state index contributed by atoms with van der Waals surface area (Å²) < 4.78 is 58.1. The van der Waals surface area contributed by atoms with E-state index < -0.39 is 35.6 Å². The first kappa shape index (κ1) is 24.9. The van der Waals surface area contributed by atoms with Gasteiger partial charge in [-0.15, -0.1) is 0 Å². The van der Waals surface area contributed by atoms with E-state index in [4.69, 9.17) is 4.74 Å². The number of rotatable bonds is 9. The van der Waals surface area contributed by atoms with Crippen LogP contribution in [0, 0.1) is 0 Å². The number of nitrogens with one attached hydrogen (secondary N) is 1. The molecule has 2 heterocycles. The molecule has 0 radical (unpaired) electrons. The van der Waals surface area contributed by atoms with Crippen molar-refractivity contribution in [2.45, 2.75) is 24.5 Å². The minimum atomic E-state index is -4.66. The number of aromatic amines is 1. The summed E-state index contributed by atoms with van der Waals surface area (Å²) in [5, 5.41) is 3.59. The summed E-state index contributed by atoms with van der Waals surface area (Å²) in [5.41, 5.74) is 0.734. The number of hydrogen-bond donors (Lipinski definition) is 1. The molecule has 2 aromatic heterocycles. The molecule has 3 aromatic rings. The van der Waals surface area contributed by atoms with Crippen LogP contribution in [0.1, 0.15) is 12.6 Å². The van der Waals surface area contributed by atoms with Gasteiger partial charge in [-0.25, -0.2) is 0 Å². The number of esters is 1. The van der Waals surface area contributed by atoms with Gasteiger partial charge in [0.25, 0.3) is 0 Å². The van der Waals surface area contributed by atoms with Crippen molar-refractivity contribution in [1.82, 2.24) is 19.7 Å². The van der Waals surface area contributed by atoms with E-state index >= 15 is 0 Å². The normalized spacial score (nSPS) is 12.8. The van der Waals surface area contributed by atoms with E-state index in [2.05, 4.69) is 10.1 Å². The number of H-pyrrole nitrogens is 1. The second-order valence-corrected chi connectivity index (χ2v) is 9.28. The van der Waals surface area contributed by atoms with Gasteiger partial charge in [0.2, 0.25) is 0 Å². The van der Waals surface area contributed by atoms with Crippen molar-refractivity contribution in [2.24, 2.45) is 0 Å². The lowest BCUT2D eigenvalue weighted by Gasteiger charge is -2.11. The van der Waals surface area contributed by atoms with Gasteiger partial charge >= 0.3 is 12.1 Å². The number of halogens is 3. The van der Waals surface area contributed by atoms with Gasteiger partial charge in [-0.1, -0.05) is 12.1 Å². The predicted octanol–water partition coefficient (Wildman–Crippen LogP) is 3.80. The highest BCUT2D eigenvalue weighted by atomic mass is 32.2. The van der Waals surface area contributed by atoms with E-state index in [-0.39, 0.29) is 12.3 Å². The highest BCUT2D eigenvalue weighted by molar-refractivity contribution is 7.91. The van der Waals surface area contributed by atoms with Gasteiger partial charge in [-0.3, -0.25) is 9.48 Å². The van der Waals surface area contributed by atoms with Crippen molar-refractivity contribution in [3.05, 3.63) is 48.2 Å². The van der Waals surface area contributed by atoms with Gasteiger partial charge in [-0.2, -0.15) is 18.3 Å². The number of benzene rings is 1. The van der Waals surface area contributed by atoms with Crippen molar-refractivity contribution in [3.63, 3.8) is 0 Å². The van der Waals surface area contributed by atoms with Gasteiger partial charge in [-0.05, 0) is 56.5 Å². The molecule has 1 aromatic carbocycles. The third-order valence-corrected chi connectivity index (χ3v) is 6.09. The van der Waals surface area contributed by atoms with Crippen molar-refractivity contribution in [2.75, 3.05) is 33.0 Å². The molecule has 0 aliphatic heterocycles. The maximum atomic E-state index is 13.3. The van der Waals surface area contributed by atoms with Crippen LogP contribution in [0.4, 0.5) is 13.2 Å². The first-order valence-corrected chi connectivity index (χ1v) is 11.5. The molecule has 0 spiro atoms. The lowest BCUT2D eigenvalue weighted by Crippen LogP contribution is -2.22. The summed E-state index contributed by atoms with van der Waals surface area (Å²) >= 11 is -1.13. The smallest absolute Gasteiger partial charge is 0.435 e. The van der Waals surface area contributed by atoms with Gasteiger partial charge in [0.1, 0.15) is 18.9 Å². The van der Waals surface area contributed by atoms with Crippen LogP contribution in [0.3, 0.4) is 0 Å². The third kappa shape index (κ3) is 6.40. The van der Waals surface area contributed by atoms with Crippen molar-refractivity contribution in [3.8, 4) is 22.6 Å². The molecular formula is C22H25F3N4O3S. The van der Waals surface area contributed by atoms with E-state index in [1.807, 2.05) is 32.0 Å². The van der Waals surface area contributed by atoms with Crippen LogP contribution >= 0.6 is 0 Å². The zero-order valence-electron chi connectivity index (χ0n) is 18.5. The monoisotopic (exact) mass is 482 g/mol. The van der Waals surface area contributed by atoms with E-state index in [9.17, 15) is 22.5 Å². The van der Waals surface area contributed by atoms with Crippen LogP contribution in [0.15, 0.2) is 47.4 Å². The topological polar surface area (TPSA) is 86.2 Å². The number of aromatic nitrogens is 3. The van der Waals surface area contributed by atoms with Gasteiger partial charge in [0.05, 0.1) is 11.4 Å². The molecule has 1 unspecified atom stereocenters. The largest absolute Gasteiger partial charge is 0.611 e. The fraction of sp³-hybridized carbons (Fsp3) is 0.364. The number of carbonyl (C=O) groups excluding carboxylic acids is 1. The van der Waals surface area contributed by atoms with E-state index in [1.54, 1.807) is 30.3 Å². The number of likely N-dealkylation sites (N-methyl/N-ethyl adjacent to an activating group) is 1. The Balaban J connectivity index is 1.89. The molecule has 0 aliphatic carbocycles. The summed E-state index contributed by atoms with van der Waals surface area (Å²) in [6, 6.07) is 11.3.